The first-order valence-corrected chi connectivity index (χ1v) is 6.94. The molecule has 0 spiro atoms. The number of nitrogens with zero attached hydrogens (tertiary/aromatic N) is 1. The van der Waals surface area contributed by atoms with E-state index in [1.807, 2.05) is 0 Å². The Balaban J connectivity index is 2.26. The molecule has 0 bridgehead atoms. The van der Waals surface area contributed by atoms with E-state index in [4.69, 9.17) is 5.73 Å². The molecule has 1 saturated carbocycles. The van der Waals surface area contributed by atoms with Crippen molar-refractivity contribution in [2.45, 2.75) is 71.9 Å². The molecule has 16 heavy (non-hydrogen) atoms. The van der Waals surface area contributed by atoms with Gasteiger partial charge in [0, 0.05) is 12.1 Å². The van der Waals surface area contributed by atoms with E-state index in [0.29, 0.717) is 6.04 Å². The minimum Gasteiger partial charge on any atom is -0.327 e. The standard InChI is InChI=1S/C14H30N2/c1-5-6-10-16(12-7-8-12)11-9-13(15)14(2,3)4/h12-13H,5-11,15H2,1-4H3. The molecule has 96 valence electrons. The zero-order valence-corrected chi connectivity index (χ0v) is 11.6. The van der Waals surface area contributed by atoms with E-state index in [1.165, 1.54) is 38.8 Å². The van der Waals surface area contributed by atoms with Gasteiger partial charge in [0.05, 0.1) is 0 Å². The van der Waals surface area contributed by atoms with Crippen LogP contribution in [0.4, 0.5) is 0 Å². The summed E-state index contributed by atoms with van der Waals surface area (Å²) in [7, 11) is 0. The normalized spacial score (nSPS) is 19.1. The fraction of sp³-hybridized carbons (Fsp3) is 1.00. The minimum absolute atomic E-state index is 0.250. The maximum absolute atomic E-state index is 6.22. The number of hydrogen-bond donors (Lipinski definition) is 1. The third-order valence-electron chi connectivity index (χ3n) is 3.70. The molecule has 0 aliphatic heterocycles. The number of hydrogen-bond acceptors (Lipinski definition) is 2. The summed E-state index contributed by atoms with van der Waals surface area (Å²) in [6.45, 7) is 11.5. The second kappa shape index (κ2) is 6.02. The lowest BCUT2D eigenvalue weighted by Gasteiger charge is -2.30. The molecule has 0 aromatic carbocycles. The summed E-state index contributed by atoms with van der Waals surface area (Å²) >= 11 is 0. The highest BCUT2D eigenvalue weighted by molar-refractivity contribution is 4.86. The van der Waals surface area contributed by atoms with Crippen LogP contribution in [0, 0.1) is 5.41 Å². The molecule has 0 radical (unpaired) electrons. The molecule has 2 nitrogen and oxygen atoms in total. The molecular weight excluding hydrogens is 196 g/mol. The molecule has 0 aromatic heterocycles. The smallest absolute Gasteiger partial charge is 0.00998 e. The lowest BCUT2D eigenvalue weighted by molar-refractivity contribution is 0.218. The minimum atomic E-state index is 0.250. The van der Waals surface area contributed by atoms with Crippen molar-refractivity contribution in [3.63, 3.8) is 0 Å². The van der Waals surface area contributed by atoms with Crippen LogP contribution in [0.1, 0.15) is 59.8 Å². The first-order valence-electron chi connectivity index (χ1n) is 6.94. The van der Waals surface area contributed by atoms with Crippen molar-refractivity contribution in [3.05, 3.63) is 0 Å². The van der Waals surface area contributed by atoms with E-state index < -0.39 is 0 Å². The van der Waals surface area contributed by atoms with Crippen LogP contribution < -0.4 is 5.73 Å². The van der Waals surface area contributed by atoms with Gasteiger partial charge in [0.2, 0.25) is 0 Å². The molecule has 0 amide bonds. The van der Waals surface area contributed by atoms with Gasteiger partial charge in [-0.15, -0.1) is 0 Å². The largest absolute Gasteiger partial charge is 0.327 e. The Kier molecular flexibility index (Phi) is 5.26. The summed E-state index contributed by atoms with van der Waals surface area (Å²) in [5, 5.41) is 0. The van der Waals surface area contributed by atoms with Gasteiger partial charge in [-0.2, -0.15) is 0 Å². The lowest BCUT2D eigenvalue weighted by Crippen LogP contribution is -2.39. The molecule has 0 aromatic rings. The van der Waals surface area contributed by atoms with Crippen LogP contribution >= 0.6 is 0 Å². The SMILES string of the molecule is CCCCN(CCC(N)C(C)(C)C)C1CC1. The zero-order chi connectivity index (χ0) is 12.2. The predicted octanol–water partition coefficient (Wildman–Crippen LogP) is 3.01. The average Bonchev–Trinajstić information content (AvgIpc) is 2.99. The van der Waals surface area contributed by atoms with Crippen molar-refractivity contribution >= 4 is 0 Å². The molecule has 1 aliphatic rings. The van der Waals surface area contributed by atoms with Gasteiger partial charge in [0.1, 0.15) is 0 Å². The van der Waals surface area contributed by atoms with Gasteiger partial charge in [-0.05, 0) is 44.2 Å². The van der Waals surface area contributed by atoms with Crippen molar-refractivity contribution in [3.8, 4) is 0 Å². The molecule has 1 fully saturated rings. The fourth-order valence-electron chi connectivity index (χ4n) is 2.02. The van der Waals surface area contributed by atoms with E-state index in [1.54, 1.807) is 0 Å². The highest BCUT2D eigenvalue weighted by atomic mass is 15.2. The van der Waals surface area contributed by atoms with E-state index in [2.05, 4.69) is 32.6 Å². The first kappa shape index (κ1) is 14.0. The topological polar surface area (TPSA) is 29.3 Å². The second-order valence-corrected chi connectivity index (χ2v) is 6.38. The quantitative estimate of drug-likeness (QED) is 0.723. The Morgan fingerprint density at radius 3 is 2.31 bits per heavy atom. The molecule has 2 heteroatoms. The lowest BCUT2D eigenvalue weighted by atomic mass is 9.85. The van der Waals surface area contributed by atoms with E-state index in [9.17, 15) is 0 Å². The van der Waals surface area contributed by atoms with Gasteiger partial charge >= 0.3 is 0 Å². The summed E-state index contributed by atoms with van der Waals surface area (Å²) in [5.41, 5.74) is 6.47. The molecule has 1 rings (SSSR count). The molecule has 0 saturated heterocycles. The van der Waals surface area contributed by atoms with Crippen LogP contribution in [0.5, 0.6) is 0 Å². The van der Waals surface area contributed by atoms with Gasteiger partial charge < -0.3 is 10.6 Å². The fourth-order valence-corrected chi connectivity index (χ4v) is 2.02. The molecule has 1 unspecified atom stereocenters. The Morgan fingerprint density at radius 1 is 1.25 bits per heavy atom. The molecule has 2 N–H and O–H groups in total. The third kappa shape index (κ3) is 4.84. The monoisotopic (exact) mass is 226 g/mol. The highest BCUT2D eigenvalue weighted by Crippen LogP contribution is 2.28. The summed E-state index contributed by atoms with van der Waals surface area (Å²) in [4.78, 5) is 2.66. The van der Waals surface area contributed by atoms with Crippen LogP contribution in [-0.2, 0) is 0 Å². The van der Waals surface area contributed by atoms with Crippen molar-refractivity contribution in [1.82, 2.24) is 4.90 Å². The summed E-state index contributed by atoms with van der Waals surface area (Å²) in [5.74, 6) is 0. The summed E-state index contributed by atoms with van der Waals surface area (Å²) in [6, 6.07) is 1.22. The average molecular weight is 226 g/mol. The maximum Gasteiger partial charge on any atom is 0.00998 e. The van der Waals surface area contributed by atoms with Crippen molar-refractivity contribution in [2.75, 3.05) is 13.1 Å². The van der Waals surface area contributed by atoms with Gasteiger partial charge in [-0.3, -0.25) is 0 Å². The van der Waals surface area contributed by atoms with E-state index >= 15 is 0 Å². The zero-order valence-electron chi connectivity index (χ0n) is 11.6. The van der Waals surface area contributed by atoms with Gasteiger partial charge in [0.25, 0.3) is 0 Å². The number of nitrogens with two attached hydrogens (primary N) is 1. The summed E-state index contributed by atoms with van der Waals surface area (Å²) in [6.07, 6.45) is 6.60. The van der Waals surface area contributed by atoms with Gasteiger partial charge in [0.15, 0.2) is 0 Å². The Bertz CT molecular complexity index is 191. The van der Waals surface area contributed by atoms with Crippen molar-refractivity contribution in [2.24, 2.45) is 11.1 Å². The second-order valence-electron chi connectivity index (χ2n) is 6.38. The van der Waals surface area contributed by atoms with Crippen LogP contribution in [0.15, 0.2) is 0 Å². The summed E-state index contributed by atoms with van der Waals surface area (Å²) < 4.78 is 0. The van der Waals surface area contributed by atoms with Crippen LogP contribution in [0.3, 0.4) is 0 Å². The maximum atomic E-state index is 6.22. The van der Waals surface area contributed by atoms with E-state index in [-0.39, 0.29) is 5.41 Å². The van der Waals surface area contributed by atoms with Crippen molar-refractivity contribution < 1.29 is 0 Å². The number of rotatable bonds is 7. The Hall–Kier alpha value is -0.0800. The Labute approximate surface area is 102 Å². The molecule has 1 aliphatic carbocycles. The molecular formula is C14H30N2. The first-order chi connectivity index (χ1) is 7.45. The number of unbranched alkanes of at least 4 members (excludes halogenated alkanes) is 1. The third-order valence-corrected chi connectivity index (χ3v) is 3.70. The van der Waals surface area contributed by atoms with E-state index in [0.717, 1.165) is 12.5 Å². The van der Waals surface area contributed by atoms with Gasteiger partial charge in [-0.25, -0.2) is 0 Å². The van der Waals surface area contributed by atoms with Crippen LogP contribution in [0.2, 0.25) is 0 Å². The Morgan fingerprint density at radius 2 is 1.88 bits per heavy atom. The molecule has 1 atom stereocenters. The van der Waals surface area contributed by atoms with Crippen LogP contribution in [0.25, 0.3) is 0 Å². The van der Waals surface area contributed by atoms with Crippen LogP contribution in [-0.4, -0.2) is 30.1 Å². The molecule has 0 heterocycles. The van der Waals surface area contributed by atoms with Crippen molar-refractivity contribution in [1.29, 1.82) is 0 Å². The highest BCUT2D eigenvalue weighted by Gasteiger charge is 2.29. The predicted molar refractivity (Wildman–Crippen MR) is 71.6 cm³/mol. The van der Waals surface area contributed by atoms with Gasteiger partial charge in [-0.1, -0.05) is 34.1 Å².